The number of ether oxygens (including phenoxy) is 2. The lowest BCUT2D eigenvalue weighted by molar-refractivity contribution is 0.0334. The van der Waals surface area contributed by atoms with Crippen molar-refractivity contribution in [2.24, 2.45) is 0 Å². The smallest absolute Gasteiger partial charge is 0.338 e. The number of esters is 1. The Balaban J connectivity index is 2.73. The first kappa shape index (κ1) is 11.6. The van der Waals surface area contributed by atoms with Crippen molar-refractivity contribution in [1.82, 2.24) is 0 Å². The fraction of sp³-hybridized carbons (Fsp3) is 0.417. The molecule has 0 saturated heterocycles. The lowest BCUT2D eigenvalue weighted by atomic mass is 10.2. The lowest BCUT2D eigenvalue weighted by Crippen LogP contribution is -2.13. The Labute approximate surface area is 90.0 Å². The van der Waals surface area contributed by atoms with Gasteiger partial charge in [0.05, 0.1) is 18.8 Å². The van der Waals surface area contributed by atoms with Crippen molar-refractivity contribution in [2.75, 3.05) is 7.11 Å². The summed E-state index contributed by atoms with van der Waals surface area (Å²) in [6.07, 6.45) is 0.763. The fourth-order valence-corrected chi connectivity index (χ4v) is 1.08. The Morgan fingerprint density at radius 1 is 1.47 bits per heavy atom. The molecule has 1 aromatic rings. The van der Waals surface area contributed by atoms with Gasteiger partial charge in [-0.3, -0.25) is 0 Å². The maximum Gasteiger partial charge on any atom is 0.338 e. The number of hydrogen-bond donors (Lipinski definition) is 0. The molecule has 0 aliphatic rings. The molecule has 1 unspecified atom stereocenters. The summed E-state index contributed by atoms with van der Waals surface area (Å²) < 4.78 is 10.2. The Morgan fingerprint density at radius 2 is 2.20 bits per heavy atom. The monoisotopic (exact) mass is 208 g/mol. The quantitative estimate of drug-likeness (QED) is 0.713. The second kappa shape index (κ2) is 5.39. The van der Waals surface area contributed by atoms with E-state index in [1.807, 2.05) is 13.8 Å². The minimum absolute atomic E-state index is 0.0521. The molecule has 82 valence electrons. The molecule has 0 radical (unpaired) electrons. The normalized spacial score (nSPS) is 11.9. The van der Waals surface area contributed by atoms with Crippen LogP contribution in [0.3, 0.4) is 0 Å². The van der Waals surface area contributed by atoms with E-state index in [0.29, 0.717) is 11.3 Å². The zero-order chi connectivity index (χ0) is 11.3. The van der Waals surface area contributed by atoms with Crippen molar-refractivity contribution in [3.8, 4) is 5.75 Å². The van der Waals surface area contributed by atoms with Crippen molar-refractivity contribution in [2.45, 2.75) is 26.4 Å². The third kappa shape index (κ3) is 3.27. The van der Waals surface area contributed by atoms with Crippen molar-refractivity contribution >= 4 is 5.97 Å². The van der Waals surface area contributed by atoms with E-state index in [2.05, 4.69) is 0 Å². The SMILES string of the molecule is CCC(C)OC(=O)c1cccc(OC)c1. The number of carbonyl (C=O) groups excluding carboxylic acids is 1. The molecule has 0 bridgehead atoms. The third-order valence-corrected chi connectivity index (χ3v) is 2.19. The Morgan fingerprint density at radius 3 is 2.80 bits per heavy atom. The minimum Gasteiger partial charge on any atom is -0.497 e. The summed E-state index contributed by atoms with van der Waals surface area (Å²) in [6.45, 7) is 3.85. The Kier molecular flexibility index (Phi) is 4.16. The van der Waals surface area contributed by atoms with Crippen molar-refractivity contribution < 1.29 is 14.3 Å². The zero-order valence-corrected chi connectivity index (χ0v) is 9.32. The number of methoxy groups -OCH3 is 1. The van der Waals surface area contributed by atoms with E-state index in [0.717, 1.165) is 6.42 Å². The van der Waals surface area contributed by atoms with E-state index in [1.165, 1.54) is 0 Å². The van der Waals surface area contributed by atoms with Crippen LogP contribution in [0.5, 0.6) is 5.75 Å². The van der Waals surface area contributed by atoms with Gasteiger partial charge in [-0.2, -0.15) is 0 Å². The van der Waals surface area contributed by atoms with Gasteiger partial charge < -0.3 is 9.47 Å². The zero-order valence-electron chi connectivity index (χ0n) is 9.32. The lowest BCUT2D eigenvalue weighted by Gasteiger charge is -2.11. The predicted octanol–water partition coefficient (Wildman–Crippen LogP) is 2.65. The van der Waals surface area contributed by atoms with Crippen LogP contribution in [0.25, 0.3) is 0 Å². The van der Waals surface area contributed by atoms with Gasteiger partial charge in [0.25, 0.3) is 0 Å². The molecule has 3 nitrogen and oxygen atoms in total. The molecular weight excluding hydrogens is 192 g/mol. The molecule has 15 heavy (non-hydrogen) atoms. The maximum absolute atomic E-state index is 11.6. The van der Waals surface area contributed by atoms with E-state index in [1.54, 1.807) is 31.4 Å². The highest BCUT2D eigenvalue weighted by Crippen LogP contribution is 2.14. The highest BCUT2D eigenvalue weighted by atomic mass is 16.5. The summed E-state index contributed by atoms with van der Waals surface area (Å²) in [6, 6.07) is 6.95. The van der Waals surface area contributed by atoms with Crippen LogP contribution < -0.4 is 4.74 Å². The van der Waals surface area contributed by atoms with Gasteiger partial charge in [0.1, 0.15) is 5.75 Å². The van der Waals surface area contributed by atoms with Crippen LogP contribution in [0.2, 0.25) is 0 Å². The van der Waals surface area contributed by atoms with Crippen LogP contribution in [0.4, 0.5) is 0 Å². The topological polar surface area (TPSA) is 35.5 Å². The second-order valence-corrected chi connectivity index (χ2v) is 3.36. The molecule has 0 amide bonds. The molecule has 0 saturated carbocycles. The molecule has 3 heteroatoms. The van der Waals surface area contributed by atoms with Gasteiger partial charge in [0.15, 0.2) is 0 Å². The molecule has 0 aromatic heterocycles. The van der Waals surface area contributed by atoms with E-state index in [9.17, 15) is 4.79 Å². The average Bonchev–Trinajstić information content (AvgIpc) is 2.28. The van der Waals surface area contributed by atoms with Crippen LogP contribution in [-0.2, 0) is 4.74 Å². The summed E-state index contributed by atoms with van der Waals surface area (Å²) in [5, 5.41) is 0. The molecule has 0 N–H and O–H groups in total. The number of rotatable bonds is 4. The van der Waals surface area contributed by atoms with Crippen LogP contribution in [-0.4, -0.2) is 19.2 Å². The highest BCUT2D eigenvalue weighted by Gasteiger charge is 2.10. The largest absolute Gasteiger partial charge is 0.497 e. The molecule has 0 aliphatic heterocycles. The van der Waals surface area contributed by atoms with Gasteiger partial charge in [0.2, 0.25) is 0 Å². The van der Waals surface area contributed by atoms with Crippen LogP contribution in [0.1, 0.15) is 30.6 Å². The summed E-state index contributed by atoms with van der Waals surface area (Å²) in [5.74, 6) is 0.358. The standard InChI is InChI=1S/C12H16O3/c1-4-9(2)15-12(13)10-6-5-7-11(8-10)14-3/h5-9H,4H2,1-3H3. The Hall–Kier alpha value is -1.51. The first-order valence-electron chi connectivity index (χ1n) is 5.02. The highest BCUT2D eigenvalue weighted by molar-refractivity contribution is 5.89. The summed E-state index contributed by atoms with van der Waals surface area (Å²) in [5.41, 5.74) is 0.523. The Bertz CT molecular complexity index is 333. The van der Waals surface area contributed by atoms with E-state index >= 15 is 0 Å². The van der Waals surface area contributed by atoms with Crippen LogP contribution >= 0.6 is 0 Å². The molecule has 0 aliphatic carbocycles. The molecule has 1 aromatic carbocycles. The van der Waals surface area contributed by atoms with Gasteiger partial charge in [-0.15, -0.1) is 0 Å². The first-order chi connectivity index (χ1) is 7.17. The first-order valence-corrected chi connectivity index (χ1v) is 5.02. The van der Waals surface area contributed by atoms with Crippen LogP contribution in [0.15, 0.2) is 24.3 Å². The fourth-order valence-electron chi connectivity index (χ4n) is 1.08. The van der Waals surface area contributed by atoms with Crippen molar-refractivity contribution in [3.63, 3.8) is 0 Å². The minimum atomic E-state index is -0.303. The van der Waals surface area contributed by atoms with Gasteiger partial charge in [-0.25, -0.2) is 4.79 Å². The third-order valence-electron chi connectivity index (χ3n) is 2.19. The van der Waals surface area contributed by atoms with E-state index < -0.39 is 0 Å². The van der Waals surface area contributed by atoms with Crippen molar-refractivity contribution in [3.05, 3.63) is 29.8 Å². The number of benzene rings is 1. The van der Waals surface area contributed by atoms with Gasteiger partial charge in [0, 0.05) is 0 Å². The molecule has 0 fully saturated rings. The molecule has 0 spiro atoms. The van der Waals surface area contributed by atoms with Crippen molar-refractivity contribution in [1.29, 1.82) is 0 Å². The average molecular weight is 208 g/mol. The maximum atomic E-state index is 11.6. The summed E-state index contributed by atoms with van der Waals surface area (Å²) in [7, 11) is 1.57. The second-order valence-electron chi connectivity index (χ2n) is 3.36. The summed E-state index contributed by atoms with van der Waals surface area (Å²) in [4.78, 5) is 11.6. The number of hydrogen-bond acceptors (Lipinski definition) is 3. The predicted molar refractivity (Wildman–Crippen MR) is 58.2 cm³/mol. The number of carbonyl (C=O) groups is 1. The molecule has 1 atom stereocenters. The molecule has 0 heterocycles. The van der Waals surface area contributed by atoms with Gasteiger partial charge in [-0.1, -0.05) is 13.0 Å². The van der Waals surface area contributed by atoms with Crippen LogP contribution in [0, 0.1) is 0 Å². The van der Waals surface area contributed by atoms with E-state index in [-0.39, 0.29) is 12.1 Å². The molecular formula is C12H16O3. The summed E-state index contributed by atoms with van der Waals surface area (Å²) >= 11 is 0. The molecule has 1 rings (SSSR count). The van der Waals surface area contributed by atoms with Gasteiger partial charge in [-0.05, 0) is 31.5 Å². The van der Waals surface area contributed by atoms with E-state index in [4.69, 9.17) is 9.47 Å². The van der Waals surface area contributed by atoms with Gasteiger partial charge >= 0.3 is 5.97 Å².